The van der Waals surface area contributed by atoms with Crippen LogP contribution in [0.3, 0.4) is 0 Å². The molecule has 1 heterocycles. The number of carbonyl (C=O) groups excluding carboxylic acids is 2. The van der Waals surface area contributed by atoms with Crippen molar-refractivity contribution in [3.05, 3.63) is 65.7 Å². The number of amides is 2. The quantitative estimate of drug-likeness (QED) is 0.319. The lowest BCUT2D eigenvalue weighted by Crippen LogP contribution is -2.42. The van der Waals surface area contributed by atoms with E-state index in [1.54, 1.807) is 17.0 Å². The second-order valence-corrected chi connectivity index (χ2v) is 11.2. The molecule has 9 heteroatoms. The van der Waals surface area contributed by atoms with Gasteiger partial charge in [0.1, 0.15) is 24.0 Å². The van der Waals surface area contributed by atoms with Crippen LogP contribution in [-0.2, 0) is 27.3 Å². The number of nitrogens with zero attached hydrogens (tertiary/aromatic N) is 1. The number of alkyl carbamates (subject to hydrolysis) is 1. The molecule has 1 saturated heterocycles. The molecule has 3 rings (SSSR count). The second kappa shape index (κ2) is 15.1. The number of ether oxygens (including phenoxy) is 3. The zero-order valence-electron chi connectivity index (χ0n) is 23.8. The number of rotatable bonds is 12. The molecule has 1 aliphatic heterocycles. The van der Waals surface area contributed by atoms with Crippen molar-refractivity contribution in [3.63, 3.8) is 0 Å². The molecular weight excluding hydrogens is 512 g/mol. The van der Waals surface area contributed by atoms with Crippen LogP contribution < -0.4 is 10.1 Å². The number of piperidine rings is 1. The van der Waals surface area contributed by atoms with Gasteiger partial charge in [0, 0.05) is 19.5 Å². The van der Waals surface area contributed by atoms with Crippen LogP contribution in [0.4, 0.5) is 9.59 Å². The van der Waals surface area contributed by atoms with Crippen LogP contribution in [0.1, 0.15) is 64.0 Å². The molecule has 40 heavy (non-hydrogen) atoms. The molecule has 2 aromatic rings. The van der Waals surface area contributed by atoms with E-state index in [1.165, 1.54) is 0 Å². The Bertz CT molecular complexity index is 1080. The van der Waals surface area contributed by atoms with E-state index >= 15 is 0 Å². The summed E-state index contributed by atoms with van der Waals surface area (Å²) in [7, 11) is 0. The van der Waals surface area contributed by atoms with Crippen LogP contribution in [0.2, 0.25) is 0 Å². The average Bonchev–Trinajstić information content (AvgIpc) is 2.92. The van der Waals surface area contributed by atoms with Crippen molar-refractivity contribution < 1.29 is 33.7 Å². The monoisotopic (exact) mass is 554 g/mol. The topological polar surface area (TPSA) is 114 Å². The number of aliphatic carboxylic acids is 1. The first-order valence-corrected chi connectivity index (χ1v) is 14.0. The van der Waals surface area contributed by atoms with Gasteiger partial charge in [-0.15, -0.1) is 0 Å². The van der Waals surface area contributed by atoms with Crippen molar-refractivity contribution in [3.8, 4) is 5.75 Å². The third-order valence-electron chi connectivity index (χ3n) is 6.71. The molecule has 2 amide bonds. The molecule has 1 fully saturated rings. The minimum Gasteiger partial charge on any atom is -0.494 e. The Labute approximate surface area is 236 Å². The Morgan fingerprint density at radius 2 is 1.65 bits per heavy atom. The number of hydrogen-bond acceptors (Lipinski definition) is 6. The Kier molecular flexibility index (Phi) is 11.7. The van der Waals surface area contributed by atoms with Crippen molar-refractivity contribution >= 4 is 18.2 Å². The second-order valence-electron chi connectivity index (χ2n) is 11.2. The number of carboxylic acid groups (broad SMARTS) is 1. The number of unbranched alkanes of at least 4 members (excludes halogenated alkanes) is 1. The van der Waals surface area contributed by atoms with Gasteiger partial charge in [-0.2, -0.15) is 0 Å². The van der Waals surface area contributed by atoms with Crippen LogP contribution in [0.25, 0.3) is 0 Å². The van der Waals surface area contributed by atoms with Crippen molar-refractivity contribution in [1.29, 1.82) is 0 Å². The summed E-state index contributed by atoms with van der Waals surface area (Å²) in [5, 5.41) is 12.0. The molecule has 0 aromatic heterocycles. The smallest absolute Gasteiger partial charge is 0.410 e. The zero-order chi connectivity index (χ0) is 29.0. The molecule has 0 unspecified atom stereocenters. The highest BCUT2D eigenvalue weighted by molar-refractivity contribution is 5.80. The van der Waals surface area contributed by atoms with Gasteiger partial charge in [-0.3, -0.25) is 0 Å². The highest BCUT2D eigenvalue weighted by Crippen LogP contribution is 2.24. The first-order valence-electron chi connectivity index (χ1n) is 14.0. The van der Waals surface area contributed by atoms with Crippen LogP contribution in [0.5, 0.6) is 5.75 Å². The molecule has 2 aromatic carbocycles. The van der Waals surface area contributed by atoms with Crippen molar-refractivity contribution in [2.75, 3.05) is 19.7 Å². The van der Waals surface area contributed by atoms with E-state index in [2.05, 4.69) is 5.32 Å². The van der Waals surface area contributed by atoms with E-state index in [-0.39, 0.29) is 19.1 Å². The van der Waals surface area contributed by atoms with Crippen LogP contribution in [-0.4, -0.2) is 59.5 Å². The largest absolute Gasteiger partial charge is 0.494 e. The lowest BCUT2D eigenvalue weighted by atomic mass is 9.92. The van der Waals surface area contributed by atoms with Crippen LogP contribution in [0, 0.1) is 5.92 Å². The lowest BCUT2D eigenvalue weighted by Gasteiger charge is -2.33. The van der Waals surface area contributed by atoms with Crippen molar-refractivity contribution in [2.45, 2.75) is 77.5 Å². The molecule has 0 saturated carbocycles. The van der Waals surface area contributed by atoms with Gasteiger partial charge in [0.15, 0.2) is 0 Å². The predicted octanol–water partition coefficient (Wildman–Crippen LogP) is 5.80. The fraction of sp³-hybridized carbons (Fsp3) is 0.516. The minimum atomic E-state index is -1.13. The predicted molar refractivity (Wildman–Crippen MR) is 151 cm³/mol. The third-order valence-corrected chi connectivity index (χ3v) is 6.71. The Hall–Kier alpha value is -3.75. The van der Waals surface area contributed by atoms with Gasteiger partial charge in [-0.1, -0.05) is 48.9 Å². The van der Waals surface area contributed by atoms with E-state index in [9.17, 15) is 19.5 Å². The SMILES string of the molecule is CC(C)(C)OC(=O)N1CCC(CCCCOc2ccc(C[C@H](NC(=O)OCc3ccccc3)C(=O)O)cc2)CC1. The number of benzene rings is 2. The molecule has 218 valence electrons. The average molecular weight is 555 g/mol. The summed E-state index contributed by atoms with van der Waals surface area (Å²) in [5.74, 6) is 0.202. The van der Waals surface area contributed by atoms with Gasteiger partial charge in [-0.25, -0.2) is 14.4 Å². The number of likely N-dealkylation sites (tertiary alicyclic amines) is 1. The maximum atomic E-state index is 12.2. The molecule has 0 radical (unpaired) electrons. The van der Waals surface area contributed by atoms with Crippen molar-refractivity contribution in [2.24, 2.45) is 5.92 Å². The molecule has 1 atom stereocenters. The summed E-state index contributed by atoms with van der Waals surface area (Å²) in [4.78, 5) is 37.8. The number of hydrogen-bond donors (Lipinski definition) is 2. The summed E-state index contributed by atoms with van der Waals surface area (Å²) in [6.07, 6.45) is 4.24. The Morgan fingerprint density at radius 1 is 0.975 bits per heavy atom. The third kappa shape index (κ3) is 11.2. The zero-order valence-corrected chi connectivity index (χ0v) is 23.8. The van der Waals surface area contributed by atoms with E-state index in [0.29, 0.717) is 12.5 Å². The van der Waals surface area contributed by atoms with E-state index in [4.69, 9.17) is 14.2 Å². The summed E-state index contributed by atoms with van der Waals surface area (Å²) in [6, 6.07) is 15.3. The maximum absolute atomic E-state index is 12.2. The molecule has 1 aliphatic rings. The molecule has 0 spiro atoms. The highest BCUT2D eigenvalue weighted by Gasteiger charge is 2.26. The molecule has 0 aliphatic carbocycles. The van der Waals surface area contributed by atoms with Gasteiger partial charge in [0.2, 0.25) is 0 Å². The maximum Gasteiger partial charge on any atom is 0.410 e. The van der Waals surface area contributed by atoms with Crippen molar-refractivity contribution in [1.82, 2.24) is 10.2 Å². The van der Waals surface area contributed by atoms with E-state index < -0.39 is 23.7 Å². The summed E-state index contributed by atoms with van der Waals surface area (Å²) in [6.45, 7) is 7.81. The van der Waals surface area contributed by atoms with E-state index in [0.717, 1.165) is 62.1 Å². The lowest BCUT2D eigenvalue weighted by molar-refractivity contribution is -0.139. The highest BCUT2D eigenvalue weighted by atomic mass is 16.6. The first kappa shape index (κ1) is 30.8. The van der Waals surface area contributed by atoms with Crippen LogP contribution >= 0.6 is 0 Å². The molecular formula is C31H42N2O7. The fourth-order valence-corrected chi connectivity index (χ4v) is 4.52. The standard InChI is InChI=1S/C31H42N2O7/c1-31(2,3)40-30(37)33-18-16-23(17-19-33)9-7-8-20-38-26-14-12-24(13-15-26)21-27(28(34)35)32-29(36)39-22-25-10-5-4-6-11-25/h4-6,10-15,23,27H,7-9,16-22H2,1-3H3,(H,32,36)(H,34,35)/t27-/m0/s1. The Balaban J connectivity index is 1.31. The molecule has 2 N–H and O–H groups in total. The Morgan fingerprint density at radius 3 is 2.27 bits per heavy atom. The molecule has 9 nitrogen and oxygen atoms in total. The summed E-state index contributed by atoms with van der Waals surface area (Å²) >= 11 is 0. The van der Waals surface area contributed by atoms with E-state index in [1.807, 2.05) is 63.2 Å². The first-order chi connectivity index (χ1) is 19.1. The summed E-state index contributed by atoms with van der Waals surface area (Å²) < 4.78 is 16.5. The number of carbonyl (C=O) groups is 3. The van der Waals surface area contributed by atoms with Gasteiger partial charge < -0.3 is 29.5 Å². The van der Waals surface area contributed by atoms with Gasteiger partial charge >= 0.3 is 18.2 Å². The fourth-order valence-electron chi connectivity index (χ4n) is 4.52. The van der Waals surface area contributed by atoms with Gasteiger partial charge in [-0.05, 0) is 75.6 Å². The van der Waals surface area contributed by atoms with Gasteiger partial charge in [0.05, 0.1) is 6.61 Å². The van der Waals surface area contributed by atoms with Crippen LogP contribution in [0.15, 0.2) is 54.6 Å². The minimum absolute atomic E-state index is 0.0679. The summed E-state index contributed by atoms with van der Waals surface area (Å²) in [5.41, 5.74) is 1.12. The van der Waals surface area contributed by atoms with Gasteiger partial charge in [0.25, 0.3) is 0 Å². The number of nitrogens with one attached hydrogen (secondary N) is 1. The molecule has 0 bridgehead atoms. The number of carboxylic acids is 1. The normalized spacial score (nSPS) is 14.7.